The van der Waals surface area contributed by atoms with Crippen molar-refractivity contribution in [1.82, 2.24) is 0 Å². The van der Waals surface area contributed by atoms with E-state index in [9.17, 15) is 14.3 Å². The van der Waals surface area contributed by atoms with Crippen LogP contribution >= 0.6 is 0 Å². The molecule has 1 rings (SSSR count). The highest BCUT2D eigenvalue weighted by Crippen LogP contribution is 2.26. The predicted octanol–water partition coefficient (Wildman–Crippen LogP) is 3.18. The van der Waals surface area contributed by atoms with Crippen molar-refractivity contribution in [3.8, 4) is 0 Å². The molecule has 106 valence electrons. The van der Waals surface area contributed by atoms with E-state index in [2.05, 4.69) is 0 Å². The molecule has 0 saturated heterocycles. The Balaban J connectivity index is 2.85. The Morgan fingerprint density at radius 3 is 2.26 bits per heavy atom. The van der Waals surface area contributed by atoms with Crippen molar-refractivity contribution >= 4 is 10.8 Å². The van der Waals surface area contributed by atoms with E-state index >= 15 is 0 Å². The number of nitro groups is 1. The number of rotatable bonds is 6. The smallest absolute Gasteiger partial charge is 0.220 e. The Bertz CT molecular complexity index is 468. The number of hydrogen-bond acceptors (Lipinski definition) is 3. The molecule has 0 unspecified atom stereocenters. The summed E-state index contributed by atoms with van der Waals surface area (Å²) in [6, 6.07) is 7.48. The molecule has 0 radical (unpaired) electrons. The summed E-state index contributed by atoms with van der Waals surface area (Å²) < 4.78 is 12.3. The molecule has 1 aromatic rings. The van der Waals surface area contributed by atoms with Crippen molar-refractivity contribution in [2.45, 2.75) is 44.6 Å². The highest BCUT2D eigenvalue weighted by atomic mass is 32.2. The second-order valence-corrected chi connectivity index (χ2v) is 6.84. The summed E-state index contributed by atoms with van der Waals surface area (Å²) in [6.45, 7) is 7.08. The summed E-state index contributed by atoms with van der Waals surface area (Å²) in [5.41, 5.74) is 0.0631. The summed E-state index contributed by atoms with van der Waals surface area (Å²) >= 11 is 0. The van der Waals surface area contributed by atoms with Crippen molar-refractivity contribution in [2.75, 3.05) is 5.75 Å². The van der Waals surface area contributed by atoms with E-state index in [4.69, 9.17) is 0 Å². The quantitative estimate of drug-likeness (QED) is 0.595. The molecule has 0 N–H and O–H groups in total. The first-order valence-electron chi connectivity index (χ1n) is 6.38. The van der Waals surface area contributed by atoms with Crippen LogP contribution in [0, 0.1) is 23.0 Å². The fraction of sp³-hybridized carbons (Fsp3) is 0.571. The van der Waals surface area contributed by atoms with Gasteiger partial charge in [-0.05, 0) is 25.5 Å². The Morgan fingerprint density at radius 2 is 1.84 bits per heavy atom. The Kier molecular flexibility index (Phi) is 5.23. The van der Waals surface area contributed by atoms with Crippen LogP contribution in [0.15, 0.2) is 29.2 Å². The third kappa shape index (κ3) is 3.86. The number of hydrogen-bond donors (Lipinski definition) is 0. The van der Waals surface area contributed by atoms with E-state index in [1.807, 2.05) is 38.1 Å². The van der Waals surface area contributed by atoms with Crippen LogP contribution in [0.25, 0.3) is 0 Å². The highest BCUT2D eigenvalue weighted by Gasteiger charge is 2.40. The molecule has 0 aliphatic carbocycles. The number of nitrogens with zero attached hydrogens (tertiary/aromatic N) is 1. The Morgan fingerprint density at radius 1 is 1.32 bits per heavy atom. The lowest BCUT2D eigenvalue weighted by Crippen LogP contribution is -2.42. The first-order chi connectivity index (χ1) is 8.78. The Hall–Kier alpha value is -1.23. The van der Waals surface area contributed by atoms with Gasteiger partial charge in [-0.3, -0.25) is 14.3 Å². The largest absolute Gasteiger partial charge is 0.264 e. The van der Waals surface area contributed by atoms with Crippen LogP contribution in [0.4, 0.5) is 0 Å². The first-order valence-corrected chi connectivity index (χ1v) is 7.70. The van der Waals surface area contributed by atoms with Gasteiger partial charge in [0.05, 0.1) is 10.8 Å². The Labute approximate surface area is 116 Å². The van der Waals surface area contributed by atoms with Gasteiger partial charge in [0, 0.05) is 35.3 Å². The van der Waals surface area contributed by atoms with Crippen LogP contribution in [0.2, 0.25) is 0 Å². The number of aryl methyl sites for hydroxylation is 1. The first kappa shape index (κ1) is 15.8. The summed E-state index contributed by atoms with van der Waals surface area (Å²) in [6.07, 6.45) is 0.644. The molecule has 0 aliphatic rings. The zero-order chi connectivity index (χ0) is 14.6. The molecule has 0 aromatic heterocycles. The second-order valence-electron chi connectivity index (χ2n) is 5.34. The molecule has 0 bridgehead atoms. The molecule has 0 spiro atoms. The lowest BCUT2D eigenvalue weighted by Gasteiger charge is -2.25. The van der Waals surface area contributed by atoms with Crippen molar-refractivity contribution in [1.29, 1.82) is 0 Å². The fourth-order valence-electron chi connectivity index (χ4n) is 1.94. The topological polar surface area (TPSA) is 60.2 Å². The van der Waals surface area contributed by atoms with E-state index in [0.717, 1.165) is 10.5 Å². The van der Waals surface area contributed by atoms with Gasteiger partial charge in [0.15, 0.2) is 0 Å². The zero-order valence-corrected chi connectivity index (χ0v) is 12.7. The van der Waals surface area contributed by atoms with Crippen LogP contribution in [-0.2, 0) is 10.8 Å². The van der Waals surface area contributed by atoms with Crippen molar-refractivity contribution in [2.24, 2.45) is 5.92 Å². The molecule has 4 nitrogen and oxygen atoms in total. The van der Waals surface area contributed by atoms with Crippen LogP contribution in [-0.4, -0.2) is 20.4 Å². The normalized spacial score (nSPS) is 14.9. The van der Waals surface area contributed by atoms with Crippen molar-refractivity contribution < 1.29 is 9.13 Å². The van der Waals surface area contributed by atoms with E-state index < -0.39 is 16.3 Å². The monoisotopic (exact) mass is 283 g/mol. The predicted molar refractivity (Wildman–Crippen MR) is 77.3 cm³/mol. The maximum Gasteiger partial charge on any atom is 0.220 e. The van der Waals surface area contributed by atoms with Gasteiger partial charge in [0.25, 0.3) is 0 Å². The molecule has 0 amide bonds. The minimum atomic E-state index is -1.19. The summed E-state index contributed by atoms with van der Waals surface area (Å²) in [7, 11) is -1.19. The zero-order valence-electron chi connectivity index (χ0n) is 11.9. The van der Waals surface area contributed by atoms with Gasteiger partial charge in [-0.15, -0.1) is 0 Å². The maximum atomic E-state index is 12.3. The molecule has 0 aliphatic heterocycles. The minimum Gasteiger partial charge on any atom is -0.264 e. The van der Waals surface area contributed by atoms with Crippen molar-refractivity contribution in [3.63, 3.8) is 0 Å². The van der Waals surface area contributed by atoms with Gasteiger partial charge >= 0.3 is 0 Å². The molecule has 19 heavy (non-hydrogen) atoms. The van der Waals surface area contributed by atoms with Gasteiger partial charge in [-0.2, -0.15) is 0 Å². The van der Waals surface area contributed by atoms with Gasteiger partial charge in [-0.1, -0.05) is 24.6 Å². The lowest BCUT2D eigenvalue weighted by molar-refractivity contribution is -0.570. The highest BCUT2D eigenvalue weighted by molar-refractivity contribution is 7.85. The van der Waals surface area contributed by atoms with Gasteiger partial charge < -0.3 is 0 Å². The third-order valence-electron chi connectivity index (χ3n) is 3.60. The number of benzene rings is 1. The van der Waals surface area contributed by atoms with E-state index in [-0.39, 0.29) is 10.8 Å². The van der Waals surface area contributed by atoms with E-state index in [0.29, 0.717) is 12.2 Å². The van der Waals surface area contributed by atoms with Gasteiger partial charge in [-0.25, -0.2) is 0 Å². The minimum absolute atomic E-state index is 0.204. The second kappa shape index (κ2) is 6.28. The van der Waals surface area contributed by atoms with E-state index in [1.165, 1.54) is 0 Å². The van der Waals surface area contributed by atoms with Crippen LogP contribution in [0.3, 0.4) is 0 Å². The van der Waals surface area contributed by atoms with Crippen LogP contribution in [0.1, 0.15) is 32.8 Å². The molecule has 2 atom stereocenters. The molecule has 1 aromatic carbocycles. The van der Waals surface area contributed by atoms with Crippen LogP contribution < -0.4 is 0 Å². The maximum absolute atomic E-state index is 12.3. The summed E-state index contributed by atoms with van der Waals surface area (Å²) in [5, 5.41) is 11.1. The van der Waals surface area contributed by atoms with Crippen LogP contribution in [0.5, 0.6) is 0 Å². The summed E-state index contributed by atoms with van der Waals surface area (Å²) in [4.78, 5) is 11.6. The average Bonchev–Trinajstić information content (AvgIpc) is 2.35. The molecule has 0 saturated carbocycles. The third-order valence-corrected chi connectivity index (χ3v) is 5.10. The van der Waals surface area contributed by atoms with Gasteiger partial charge in [0.1, 0.15) is 0 Å². The average molecular weight is 283 g/mol. The SMILES string of the molecule is CC[C@@H](C[S@@](=O)c1ccc(C)cc1)C(C)(C)[N+](=O)[O-]. The van der Waals surface area contributed by atoms with Gasteiger partial charge in [0.2, 0.25) is 5.54 Å². The lowest BCUT2D eigenvalue weighted by atomic mass is 9.88. The van der Waals surface area contributed by atoms with Crippen molar-refractivity contribution in [3.05, 3.63) is 39.9 Å². The molecule has 5 heteroatoms. The molecule has 0 heterocycles. The van der Waals surface area contributed by atoms with E-state index in [1.54, 1.807) is 13.8 Å². The molecular formula is C14H21NO3S. The fourth-order valence-corrected chi connectivity index (χ4v) is 3.58. The standard InChI is InChI=1S/C14H21NO3S/c1-5-12(14(3,4)15(16)17)10-19(18)13-8-6-11(2)7-9-13/h6-9,12H,5,10H2,1-4H3/t12-,19+/m0/s1. The molecular weight excluding hydrogens is 262 g/mol. The summed E-state index contributed by atoms with van der Waals surface area (Å²) in [5.74, 6) is 0.123. The molecule has 0 fully saturated rings.